The number of benzene rings is 1. The first-order valence-electron chi connectivity index (χ1n) is 7.02. The quantitative estimate of drug-likeness (QED) is 0.603. The highest BCUT2D eigenvalue weighted by molar-refractivity contribution is 6.05. The first kappa shape index (κ1) is 18.1. The molecule has 1 amide bonds. The van der Waals surface area contributed by atoms with Crippen molar-refractivity contribution in [2.24, 2.45) is 7.05 Å². The van der Waals surface area contributed by atoms with Crippen LogP contribution >= 0.6 is 0 Å². The second kappa shape index (κ2) is 7.55. The van der Waals surface area contributed by atoms with Crippen LogP contribution in [0.2, 0.25) is 0 Å². The number of alkyl halides is 2. The number of hydrogen-bond donors (Lipinski definition) is 1. The number of carbonyl (C=O) groups excluding carboxylic acids is 1. The van der Waals surface area contributed by atoms with Crippen LogP contribution in [0.4, 0.5) is 20.2 Å². The van der Waals surface area contributed by atoms with Crippen LogP contribution in [0, 0.1) is 10.1 Å². The number of anilines is 1. The van der Waals surface area contributed by atoms with Crippen molar-refractivity contribution >= 4 is 17.3 Å². The summed E-state index contributed by atoms with van der Waals surface area (Å²) >= 11 is 0. The van der Waals surface area contributed by atoms with E-state index in [0.29, 0.717) is 0 Å². The van der Waals surface area contributed by atoms with Gasteiger partial charge in [0.1, 0.15) is 6.20 Å². The lowest BCUT2D eigenvalue weighted by Crippen LogP contribution is -2.15. The average molecular weight is 356 g/mol. The van der Waals surface area contributed by atoms with E-state index in [0.717, 1.165) is 10.9 Å². The molecule has 9 nitrogen and oxygen atoms in total. The molecule has 1 N–H and O–H groups in total. The molecule has 0 aliphatic rings. The minimum absolute atomic E-state index is 0.00359. The molecule has 0 radical (unpaired) electrons. The third-order valence-electron chi connectivity index (χ3n) is 2.94. The number of hydrogen-bond acceptors (Lipinski definition) is 6. The molecule has 0 aliphatic heterocycles. The zero-order chi connectivity index (χ0) is 18.6. The minimum atomic E-state index is -3.03. The SMILES string of the molecule is CCOc1cc(NC(=O)c2nn(C)cc2[N+](=O)[O-])ccc1OC(F)F. The van der Waals surface area contributed by atoms with E-state index in [1.807, 2.05) is 0 Å². The van der Waals surface area contributed by atoms with Crippen molar-refractivity contribution in [3.63, 3.8) is 0 Å². The predicted molar refractivity (Wildman–Crippen MR) is 82.1 cm³/mol. The number of nitro groups is 1. The highest BCUT2D eigenvalue weighted by atomic mass is 19.3. The predicted octanol–water partition coefficient (Wildman–Crippen LogP) is 2.58. The molecule has 0 bridgehead atoms. The van der Waals surface area contributed by atoms with E-state index in [1.54, 1.807) is 6.92 Å². The maximum Gasteiger partial charge on any atom is 0.387 e. The van der Waals surface area contributed by atoms with Crippen molar-refractivity contribution in [1.82, 2.24) is 9.78 Å². The van der Waals surface area contributed by atoms with E-state index in [9.17, 15) is 23.7 Å². The molecular formula is C14H14F2N4O5. The number of aryl methyl sites for hydroxylation is 1. The molecule has 0 aliphatic carbocycles. The molecule has 25 heavy (non-hydrogen) atoms. The standard InChI is InChI=1S/C14H14F2N4O5/c1-3-24-11-6-8(4-5-10(11)25-14(15)16)17-13(21)12-9(20(22)23)7-19(2)18-12/h4-7,14H,3H2,1-2H3,(H,17,21). The van der Waals surface area contributed by atoms with Gasteiger partial charge >= 0.3 is 12.3 Å². The van der Waals surface area contributed by atoms with Crippen molar-refractivity contribution in [1.29, 1.82) is 0 Å². The van der Waals surface area contributed by atoms with Gasteiger partial charge in [0.05, 0.1) is 11.5 Å². The van der Waals surface area contributed by atoms with Crippen molar-refractivity contribution in [2.75, 3.05) is 11.9 Å². The Kier molecular flexibility index (Phi) is 5.47. The van der Waals surface area contributed by atoms with E-state index in [4.69, 9.17) is 4.74 Å². The van der Waals surface area contributed by atoms with E-state index in [1.165, 1.54) is 25.2 Å². The maximum atomic E-state index is 12.4. The summed E-state index contributed by atoms with van der Waals surface area (Å²) in [4.78, 5) is 22.4. The molecule has 0 saturated carbocycles. The summed E-state index contributed by atoms with van der Waals surface area (Å²) in [7, 11) is 1.44. The normalized spacial score (nSPS) is 10.6. The number of amides is 1. The van der Waals surface area contributed by atoms with Crippen LogP contribution < -0.4 is 14.8 Å². The fourth-order valence-electron chi connectivity index (χ4n) is 2.01. The number of nitrogens with one attached hydrogen (secondary N) is 1. The molecule has 0 fully saturated rings. The molecule has 2 aromatic rings. The van der Waals surface area contributed by atoms with Gasteiger partial charge in [-0.05, 0) is 19.1 Å². The summed E-state index contributed by atoms with van der Waals surface area (Å²) in [6.07, 6.45) is 1.10. The van der Waals surface area contributed by atoms with Gasteiger partial charge in [0.15, 0.2) is 11.5 Å². The van der Waals surface area contributed by atoms with Crippen molar-refractivity contribution < 1.29 is 28.0 Å². The summed E-state index contributed by atoms with van der Waals surface area (Å²) in [5, 5.41) is 17.1. The molecular weight excluding hydrogens is 342 g/mol. The summed E-state index contributed by atoms with van der Waals surface area (Å²) < 4.78 is 35.4. The third kappa shape index (κ3) is 4.40. The van der Waals surface area contributed by atoms with Crippen LogP contribution in [0.15, 0.2) is 24.4 Å². The summed E-state index contributed by atoms with van der Waals surface area (Å²) in [5.74, 6) is -1.02. The van der Waals surface area contributed by atoms with Crippen molar-refractivity contribution in [3.8, 4) is 11.5 Å². The number of rotatable bonds is 7. The first-order valence-corrected chi connectivity index (χ1v) is 7.02. The van der Waals surface area contributed by atoms with Gasteiger partial charge in [-0.1, -0.05) is 0 Å². The Hall–Kier alpha value is -3.24. The Bertz CT molecular complexity index is 794. The van der Waals surface area contributed by atoms with Gasteiger partial charge in [-0.2, -0.15) is 13.9 Å². The molecule has 1 heterocycles. The number of nitrogens with zero attached hydrogens (tertiary/aromatic N) is 3. The minimum Gasteiger partial charge on any atom is -0.490 e. The highest BCUT2D eigenvalue weighted by Crippen LogP contribution is 2.32. The van der Waals surface area contributed by atoms with Gasteiger partial charge in [0.25, 0.3) is 5.91 Å². The lowest BCUT2D eigenvalue weighted by atomic mass is 10.2. The summed E-state index contributed by atoms with van der Waals surface area (Å²) in [6.45, 7) is -1.20. The van der Waals surface area contributed by atoms with Crippen LogP contribution in [0.5, 0.6) is 11.5 Å². The molecule has 134 valence electrons. The van der Waals surface area contributed by atoms with Crippen molar-refractivity contribution in [2.45, 2.75) is 13.5 Å². The van der Waals surface area contributed by atoms with E-state index < -0.39 is 23.1 Å². The topological polar surface area (TPSA) is 109 Å². The summed E-state index contributed by atoms with van der Waals surface area (Å²) in [6, 6.07) is 3.76. The Labute approximate surface area is 140 Å². The number of carbonyl (C=O) groups is 1. The van der Waals surface area contributed by atoms with E-state index >= 15 is 0 Å². The second-order valence-electron chi connectivity index (χ2n) is 4.72. The van der Waals surface area contributed by atoms with Crippen LogP contribution in [0.25, 0.3) is 0 Å². The zero-order valence-electron chi connectivity index (χ0n) is 13.2. The molecule has 2 rings (SSSR count). The number of ether oxygens (including phenoxy) is 2. The van der Waals surface area contributed by atoms with E-state index in [-0.39, 0.29) is 29.5 Å². The molecule has 0 spiro atoms. The average Bonchev–Trinajstić information content (AvgIpc) is 2.92. The number of halogens is 2. The lowest BCUT2D eigenvalue weighted by Gasteiger charge is -2.13. The second-order valence-corrected chi connectivity index (χ2v) is 4.72. The smallest absolute Gasteiger partial charge is 0.387 e. The molecule has 1 aromatic heterocycles. The first-order chi connectivity index (χ1) is 11.8. The molecule has 0 saturated heterocycles. The highest BCUT2D eigenvalue weighted by Gasteiger charge is 2.25. The summed E-state index contributed by atoms with van der Waals surface area (Å²) in [5.41, 5.74) is -0.656. The fourth-order valence-corrected chi connectivity index (χ4v) is 2.01. The monoisotopic (exact) mass is 356 g/mol. The third-order valence-corrected chi connectivity index (χ3v) is 2.94. The van der Waals surface area contributed by atoms with Crippen LogP contribution in [-0.4, -0.2) is 33.8 Å². The van der Waals surface area contributed by atoms with Gasteiger partial charge < -0.3 is 14.8 Å². The van der Waals surface area contributed by atoms with Gasteiger partial charge in [-0.3, -0.25) is 19.6 Å². The molecule has 0 atom stereocenters. The van der Waals surface area contributed by atoms with E-state index in [2.05, 4.69) is 15.2 Å². The van der Waals surface area contributed by atoms with Gasteiger partial charge in [0, 0.05) is 18.8 Å². The van der Waals surface area contributed by atoms with Crippen LogP contribution in [0.3, 0.4) is 0 Å². The Morgan fingerprint density at radius 2 is 2.16 bits per heavy atom. The molecule has 0 unspecified atom stereocenters. The Morgan fingerprint density at radius 3 is 2.76 bits per heavy atom. The fraction of sp³-hybridized carbons (Fsp3) is 0.286. The van der Waals surface area contributed by atoms with Gasteiger partial charge in [-0.15, -0.1) is 0 Å². The Balaban J connectivity index is 2.26. The lowest BCUT2D eigenvalue weighted by molar-refractivity contribution is -0.385. The zero-order valence-corrected chi connectivity index (χ0v) is 13.2. The molecule has 1 aromatic carbocycles. The number of aromatic nitrogens is 2. The van der Waals surface area contributed by atoms with Crippen LogP contribution in [-0.2, 0) is 7.05 Å². The van der Waals surface area contributed by atoms with Crippen molar-refractivity contribution in [3.05, 3.63) is 40.2 Å². The van der Waals surface area contributed by atoms with Gasteiger partial charge in [0.2, 0.25) is 5.69 Å². The van der Waals surface area contributed by atoms with Gasteiger partial charge in [-0.25, -0.2) is 0 Å². The largest absolute Gasteiger partial charge is 0.490 e. The molecule has 11 heteroatoms. The maximum absolute atomic E-state index is 12.4. The Morgan fingerprint density at radius 1 is 1.44 bits per heavy atom. The van der Waals surface area contributed by atoms with Crippen LogP contribution in [0.1, 0.15) is 17.4 Å².